The van der Waals surface area contributed by atoms with Crippen molar-refractivity contribution in [2.75, 3.05) is 11.2 Å². The fourth-order valence-electron chi connectivity index (χ4n) is 0.873. The number of hydrogen-bond acceptors (Lipinski definition) is 3. The predicted molar refractivity (Wildman–Crippen MR) is 42.8 cm³/mol. The standard InChI is InChI=1S/C6H5BrN2O/c7-3-1-2-4-5(8)6(3)9-10-4/h1-2,9H,8H2. The van der Waals surface area contributed by atoms with Crippen LogP contribution in [-0.2, 0) is 0 Å². The van der Waals surface area contributed by atoms with E-state index in [-0.39, 0.29) is 0 Å². The molecule has 1 aliphatic heterocycles. The monoisotopic (exact) mass is 200 g/mol. The minimum absolute atomic E-state index is 0.661. The lowest BCUT2D eigenvalue weighted by atomic mass is 10.3. The Hall–Kier alpha value is -0.900. The van der Waals surface area contributed by atoms with Gasteiger partial charge in [-0.2, -0.15) is 0 Å². The van der Waals surface area contributed by atoms with Crippen molar-refractivity contribution in [3.8, 4) is 5.75 Å². The molecule has 4 heteroatoms. The molecule has 0 aromatic heterocycles. The van der Waals surface area contributed by atoms with E-state index in [0.717, 1.165) is 10.2 Å². The number of halogens is 1. The third-order valence-corrected chi connectivity index (χ3v) is 2.08. The van der Waals surface area contributed by atoms with Crippen LogP contribution in [0.15, 0.2) is 16.6 Å². The van der Waals surface area contributed by atoms with Crippen molar-refractivity contribution >= 4 is 27.3 Å². The molecule has 10 heavy (non-hydrogen) atoms. The largest absolute Gasteiger partial charge is 0.394 e. The number of anilines is 2. The fraction of sp³-hybridized carbons (Fsp3) is 0. The molecular weight excluding hydrogens is 196 g/mol. The molecule has 1 heterocycles. The summed E-state index contributed by atoms with van der Waals surface area (Å²) in [4.78, 5) is 4.99. The second-order valence-corrected chi connectivity index (χ2v) is 2.89. The highest BCUT2D eigenvalue weighted by molar-refractivity contribution is 9.10. The minimum atomic E-state index is 0.661. The van der Waals surface area contributed by atoms with Crippen LogP contribution in [0.25, 0.3) is 0 Å². The van der Waals surface area contributed by atoms with Crippen LogP contribution in [0.1, 0.15) is 0 Å². The Morgan fingerprint density at radius 3 is 3.00 bits per heavy atom. The minimum Gasteiger partial charge on any atom is -0.394 e. The number of nitrogens with one attached hydrogen (secondary N) is 1. The molecule has 1 aliphatic rings. The maximum Gasteiger partial charge on any atom is 0.180 e. The molecule has 0 fully saturated rings. The predicted octanol–water partition coefficient (Wildman–Crippen LogP) is 1.75. The van der Waals surface area contributed by atoms with Gasteiger partial charge in [0.2, 0.25) is 0 Å². The lowest BCUT2D eigenvalue weighted by molar-refractivity contribution is 0.423. The van der Waals surface area contributed by atoms with Gasteiger partial charge in [-0.3, -0.25) is 0 Å². The molecule has 1 aromatic rings. The van der Waals surface area contributed by atoms with Crippen molar-refractivity contribution in [1.82, 2.24) is 0 Å². The summed E-state index contributed by atoms with van der Waals surface area (Å²) in [6.45, 7) is 0. The van der Waals surface area contributed by atoms with Crippen LogP contribution in [-0.4, -0.2) is 0 Å². The van der Waals surface area contributed by atoms with E-state index in [0.29, 0.717) is 11.4 Å². The first-order chi connectivity index (χ1) is 4.79. The van der Waals surface area contributed by atoms with Crippen LogP contribution < -0.4 is 16.1 Å². The molecule has 3 N–H and O–H groups in total. The van der Waals surface area contributed by atoms with Crippen molar-refractivity contribution < 1.29 is 4.84 Å². The highest BCUT2D eigenvalue weighted by Gasteiger charge is 2.16. The Bertz CT molecular complexity index is 287. The Kier molecular flexibility index (Phi) is 1.05. The summed E-state index contributed by atoms with van der Waals surface area (Å²) in [5.41, 5.74) is 9.80. The molecule has 0 spiro atoms. The van der Waals surface area contributed by atoms with E-state index in [9.17, 15) is 0 Å². The second kappa shape index (κ2) is 1.79. The van der Waals surface area contributed by atoms with Crippen molar-refractivity contribution in [3.05, 3.63) is 16.6 Å². The highest BCUT2D eigenvalue weighted by Crippen LogP contribution is 2.40. The molecule has 0 saturated carbocycles. The molecule has 0 atom stereocenters. The van der Waals surface area contributed by atoms with Gasteiger partial charge in [0.05, 0.1) is 0 Å². The lowest BCUT2D eigenvalue weighted by Crippen LogP contribution is -1.95. The molecule has 2 bridgehead atoms. The summed E-state index contributed by atoms with van der Waals surface area (Å²) in [7, 11) is 0. The molecule has 52 valence electrons. The highest BCUT2D eigenvalue weighted by atomic mass is 79.9. The topological polar surface area (TPSA) is 47.3 Å². The molecule has 1 aromatic carbocycles. The molecular formula is C6H5BrN2O. The van der Waals surface area contributed by atoms with Gasteiger partial charge < -0.3 is 10.6 Å². The van der Waals surface area contributed by atoms with Crippen molar-refractivity contribution in [1.29, 1.82) is 0 Å². The van der Waals surface area contributed by atoms with Crippen LogP contribution in [0.3, 0.4) is 0 Å². The van der Waals surface area contributed by atoms with E-state index in [1.807, 2.05) is 12.1 Å². The molecule has 3 nitrogen and oxygen atoms in total. The van der Waals surface area contributed by atoms with Gasteiger partial charge in [-0.15, -0.1) is 0 Å². The average Bonchev–Trinajstić information content (AvgIpc) is 2.13. The number of rotatable bonds is 0. The molecule has 0 unspecified atom stereocenters. The summed E-state index contributed by atoms with van der Waals surface area (Å²) in [5.74, 6) is 0.693. The van der Waals surface area contributed by atoms with Gasteiger partial charge in [-0.1, -0.05) is 0 Å². The van der Waals surface area contributed by atoms with Gasteiger partial charge >= 0.3 is 0 Å². The number of nitrogens with two attached hydrogens (primary N) is 1. The maximum atomic E-state index is 5.63. The molecule has 0 amide bonds. The maximum absolute atomic E-state index is 5.63. The number of benzene rings is 1. The van der Waals surface area contributed by atoms with Crippen molar-refractivity contribution in [2.45, 2.75) is 0 Å². The van der Waals surface area contributed by atoms with Crippen LogP contribution >= 0.6 is 15.9 Å². The van der Waals surface area contributed by atoms with Gasteiger partial charge in [0.15, 0.2) is 5.75 Å². The Labute approximate surface area is 66.3 Å². The van der Waals surface area contributed by atoms with E-state index in [4.69, 9.17) is 10.6 Å². The first kappa shape index (κ1) is 5.85. The molecule has 0 aliphatic carbocycles. The number of nitrogen functional groups attached to an aromatic ring is 1. The van der Waals surface area contributed by atoms with Crippen LogP contribution in [0.5, 0.6) is 5.75 Å². The van der Waals surface area contributed by atoms with E-state index < -0.39 is 0 Å². The molecule has 0 radical (unpaired) electrons. The van der Waals surface area contributed by atoms with E-state index >= 15 is 0 Å². The first-order valence-electron chi connectivity index (χ1n) is 2.80. The Balaban J connectivity index is 2.73. The summed E-state index contributed by atoms with van der Waals surface area (Å²) >= 11 is 3.32. The zero-order valence-electron chi connectivity index (χ0n) is 5.02. The van der Waals surface area contributed by atoms with Crippen molar-refractivity contribution in [3.63, 3.8) is 0 Å². The Morgan fingerprint density at radius 2 is 2.30 bits per heavy atom. The summed E-state index contributed by atoms with van der Waals surface area (Å²) in [6.07, 6.45) is 0. The van der Waals surface area contributed by atoms with Crippen LogP contribution in [0.2, 0.25) is 0 Å². The van der Waals surface area contributed by atoms with Gasteiger partial charge in [0.1, 0.15) is 11.4 Å². The quantitative estimate of drug-likeness (QED) is 0.628. The fourth-order valence-corrected chi connectivity index (χ4v) is 1.30. The summed E-state index contributed by atoms with van der Waals surface area (Å²) < 4.78 is 0.922. The summed E-state index contributed by atoms with van der Waals surface area (Å²) in [6, 6.07) is 3.70. The van der Waals surface area contributed by atoms with E-state index in [2.05, 4.69) is 21.4 Å². The zero-order valence-corrected chi connectivity index (χ0v) is 6.60. The van der Waals surface area contributed by atoms with Crippen LogP contribution in [0.4, 0.5) is 11.4 Å². The van der Waals surface area contributed by atoms with Crippen LogP contribution in [0, 0.1) is 0 Å². The number of hydrogen-bond donors (Lipinski definition) is 2. The second-order valence-electron chi connectivity index (χ2n) is 2.04. The summed E-state index contributed by atoms with van der Waals surface area (Å²) in [5, 5.41) is 0. The van der Waals surface area contributed by atoms with Gasteiger partial charge in [0.25, 0.3) is 0 Å². The van der Waals surface area contributed by atoms with Gasteiger partial charge in [-0.25, -0.2) is 5.48 Å². The van der Waals surface area contributed by atoms with Gasteiger partial charge in [0, 0.05) is 4.47 Å². The van der Waals surface area contributed by atoms with E-state index in [1.165, 1.54) is 0 Å². The molecule has 0 saturated heterocycles. The number of fused-ring (bicyclic) bond motifs is 2. The normalized spacial score (nSPS) is 12.5. The first-order valence-corrected chi connectivity index (χ1v) is 3.59. The van der Waals surface area contributed by atoms with Gasteiger partial charge in [-0.05, 0) is 28.1 Å². The van der Waals surface area contributed by atoms with E-state index in [1.54, 1.807) is 0 Å². The Morgan fingerprint density at radius 1 is 1.50 bits per heavy atom. The third-order valence-electron chi connectivity index (χ3n) is 1.42. The smallest absolute Gasteiger partial charge is 0.180 e. The SMILES string of the molecule is Nc1c2ccc(Br)c1NO2. The lowest BCUT2D eigenvalue weighted by Gasteiger charge is -1.94. The van der Waals surface area contributed by atoms with Crippen molar-refractivity contribution in [2.24, 2.45) is 0 Å². The third kappa shape index (κ3) is 0.593. The molecule has 2 rings (SSSR count). The zero-order chi connectivity index (χ0) is 7.14. The average molecular weight is 201 g/mol.